The molecule has 0 spiro atoms. The Morgan fingerprint density at radius 2 is 2.29 bits per heavy atom. The van der Waals surface area contributed by atoms with E-state index in [4.69, 9.17) is 17.3 Å². The molecule has 3 rings (SSSR count). The normalized spacial score (nSPS) is 15.0. The fourth-order valence-electron chi connectivity index (χ4n) is 2.53. The minimum Gasteiger partial charge on any atom is -0.369 e. The molecule has 5 nitrogen and oxygen atoms in total. The average molecular weight is 309 g/mol. The molecule has 1 aliphatic rings. The molecule has 0 fully saturated rings. The highest BCUT2D eigenvalue weighted by Crippen LogP contribution is 2.22. The number of hydrogen-bond acceptors (Lipinski definition) is 4. The van der Waals surface area contributed by atoms with E-state index >= 15 is 0 Å². The number of nitrogens with one attached hydrogen (secondary N) is 1. The minimum atomic E-state index is -0.358. The molecule has 0 unspecified atom stereocenters. The monoisotopic (exact) mass is 308 g/mol. The van der Waals surface area contributed by atoms with Gasteiger partial charge in [-0.2, -0.15) is 0 Å². The van der Waals surface area contributed by atoms with Crippen LogP contribution in [0.2, 0.25) is 5.02 Å². The van der Waals surface area contributed by atoms with Crippen molar-refractivity contribution in [1.82, 2.24) is 14.9 Å². The van der Waals surface area contributed by atoms with Crippen LogP contribution in [-0.4, -0.2) is 21.4 Å². The van der Waals surface area contributed by atoms with Gasteiger partial charge in [0, 0.05) is 31.1 Å². The maximum absolute atomic E-state index is 13.1. The van der Waals surface area contributed by atoms with E-state index in [1.807, 2.05) is 0 Å². The number of anilines is 1. The highest BCUT2D eigenvalue weighted by Gasteiger charge is 2.21. The van der Waals surface area contributed by atoms with Crippen LogP contribution >= 0.6 is 11.6 Å². The first-order valence-corrected chi connectivity index (χ1v) is 6.94. The number of aromatic nitrogens is 2. The van der Waals surface area contributed by atoms with Crippen LogP contribution in [0.25, 0.3) is 0 Å². The van der Waals surface area contributed by atoms with Gasteiger partial charge < -0.3 is 5.73 Å². The van der Waals surface area contributed by atoms with Crippen molar-refractivity contribution in [3.8, 4) is 0 Å². The molecule has 0 atom stereocenters. The molecule has 110 valence electrons. The van der Waals surface area contributed by atoms with Crippen molar-refractivity contribution in [2.45, 2.75) is 19.5 Å². The number of hydrogen-bond donors (Lipinski definition) is 2. The highest BCUT2D eigenvalue weighted by atomic mass is 35.5. The fourth-order valence-corrected chi connectivity index (χ4v) is 2.75. The number of H-pyrrole nitrogens is 1. The summed E-state index contributed by atoms with van der Waals surface area (Å²) in [6.45, 7) is 1.78. The first-order valence-electron chi connectivity index (χ1n) is 6.57. The smallest absolute Gasteiger partial charge is 0.257 e. The number of nitrogen functional groups attached to an aromatic ring is 1. The van der Waals surface area contributed by atoms with Gasteiger partial charge in [0.2, 0.25) is 5.95 Å². The lowest BCUT2D eigenvalue weighted by Crippen LogP contribution is -2.35. The van der Waals surface area contributed by atoms with Gasteiger partial charge in [-0.3, -0.25) is 14.7 Å². The molecular weight excluding hydrogens is 295 g/mol. The molecule has 3 N–H and O–H groups in total. The Morgan fingerprint density at radius 3 is 3.05 bits per heavy atom. The van der Waals surface area contributed by atoms with Crippen molar-refractivity contribution >= 4 is 17.5 Å². The predicted octanol–water partition coefficient (Wildman–Crippen LogP) is 1.70. The van der Waals surface area contributed by atoms with Gasteiger partial charge in [0.1, 0.15) is 5.82 Å². The standard InChI is InChI=1S/C14H14ClFN4O/c15-11-5-9(16)2-1-8(11)6-20-4-3-12-10(7-20)13(21)19-14(17)18-12/h1-2,5H,3-4,6-7H2,(H3,17,18,19,21). The van der Waals surface area contributed by atoms with Gasteiger partial charge in [-0.15, -0.1) is 0 Å². The second-order valence-electron chi connectivity index (χ2n) is 5.07. The van der Waals surface area contributed by atoms with Crippen LogP contribution in [0, 0.1) is 5.82 Å². The Bertz CT molecular complexity index is 746. The molecule has 7 heteroatoms. The van der Waals surface area contributed by atoms with Gasteiger partial charge in [-0.1, -0.05) is 17.7 Å². The van der Waals surface area contributed by atoms with E-state index in [-0.39, 0.29) is 17.3 Å². The SMILES string of the molecule is Nc1nc2c(c(=O)[nH]1)CN(Cc1ccc(F)cc1Cl)CC2. The number of nitrogens with two attached hydrogens (primary N) is 1. The Labute approximate surface area is 125 Å². The molecule has 1 aliphatic heterocycles. The number of fused-ring (bicyclic) bond motifs is 1. The zero-order valence-corrected chi connectivity index (χ0v) is 12.0. The van der Waals surface area contributed by atoms with Crippen molar-refractivity contribution in [2.75, 3.05) is 12.3 Å². The largest absolute Gasteiger partial charge is 0.369 e. The molecule has 1 aromatic carbocycles. The number of rotatable bonds is 2. The van der Waals surface area contributed by atoms with Crippen molar-refractivity contribution in [3.63, 3.8) is 0 Å². The molecule has 0 aliphatic carbocycles. The maximum Gasteiger partial charge on any atom is 0.257 e. The summed E-state index contributed by atoms with van der Waals surface area (Å²) in [6.07, 6.45) is 0.655. The van der Waals surface area contributed by atoms with Crippen molar-refractivity contribution in [2.24, 2.45) is 0 Å². The van der Waals surface area contributed by atoms with Gasteiger partial charge in [0.05, 0.1) is 11.3 Å². The Hall–Kier alpha value is -1.92. The first-order chi connectivity index (χ1) is 10.0. The van der Waals surface area contributed by atoms with Crippen LogP contribution in [0.5, 0.6) is 0 Å². The van der Waals surface area contributed by atoms with E-state index in [9.17, 15) is 9.18 Å². The maximum atomic E-state index is 13.1. The molecule has 0 saturated heterocycles. The lowest BCUT2D eigenvalue weighted by molar-refractivity contribution is 0.242. The average Bonchev–Trinajstić information content (AvgIpc) is 2.42. The Balaban J connectivity index is 1.82. The molecule has 1 aromatic heterocycles. The van der Waals surface area contributed by atoms with Crippen molar-refractivity contribution in [1.29, 1.82) is 0 Å². The van der Waals surface area contributed by atoms with Crippen LogP contribution in [-0.2, 0) is 19.5 Å². The second-order valence-corrected chi connectivity index (χ2v) is 5.48. The summed E-state index contributed by atoms with van der Waals surface area (Å²) in [5.41, 5.74) is 7.56. The number of halogens is 2. The van der Waals surface area contributed by atoms with E-state index < -0.39 is 0 Å². The van der Waals surface area contributed by atoms with Gasteiger partial charge in [-0.25, -0.2) is 9.37 Å². The third-order valence-electron chi connectivity index (χ3n) is 3.58. The summed E-state index contributed by atoms with van der Waals surface area (Å²) >= 11 is 6.04. The number of aromatic amines is 1. The lowest BCUT2D eigenvalue weighted by atomic mass is 10.1. The molecule has 2 heterocycles. The van der Waals surface area contributed by atoms with Crippen LogP contribution in [0.1, 0.15) is 16.8 Å². The van der Waals surface area contributed by atoms with E-state index in [0.29, 0.717) is 30.1 Å². The zero-order chi connectivity index (χ0) is 15.0. The molecule has 0 radical (unpaired) electrons. The van der Waals surface area contributed by atoms with Crippen molar-refractivity contribution in [3.05, 3.63) is 56.2 Å². The lowest BCUT2D eigenvalue weighted by Gasteiger charge is -2.27. The van der Waals surface area contributed by atoms with Crippen molar-refractivity contribution < 1.29 is 4.39 Å². The summed E-state index contributed by atoms with van der Waals surface area (Å²) < 4.78 is 13.1. The molecule has 0 amide bonds. The predicted molar refractivity (Wildman–Crippen MR) is 78.5 cm³/mol. The summed E-state index contributed by atoms with van der Waals surface area (Å²) in [7, 11) is 0. The Morgan fingerprint density at radius 1 is 1.48 bits per heavy atom. The topological polar surface area (TPSA) is 75.0 Å². The van der Waals surface area contributed by atoms with Crippen LogP contribution in [0.15, 0.2) is 23.0 Å². The van der Waals surface area contributed by atoms with Crippen LogP contribution < -0.4 is 11.3 Å². The van der Waals surface area contributed by atoms with Gasteiger partial charge in [0.15, 0.2) is 0 Å². The molecule has 21 heavy (non-hydrogen) atoms. The molecular formula is C14H14ClFN4O. The van der Waals surface area contributed by atoms with E-state index in [1.54, 1.807) is 6.07 Å². The fraction of sp³-hybridized carbons (Fsp3) is 0.286. The number of nitrogens with zero attached hydrogens (tertiary/aromatic N) is 2. The minimum absolute atomic E-state index is 0.147. The quantitative estimate of drug-likeness (QED) is 0.885. The third-order valence-corrected chi connectivity index (χ3v) is 3.93. The third kappa shape index (κ3) is 2.91. The van der Waals surface area contributed by atoms with E-state index in [0.717, 1.165) is 17.8 Å². The molecule has 0 bridgehead atoms. The first kappa shape index (κ1) is 14.0. The molecule has 0 saturated carbocycles. The summed E-state index contributed by atoms with van der Waals surface area (Å²) in [4.78, 5) is 20.7. The van der Waals surface area contributed by atoms with Gasteiger partial charge in [0.25, 0.3) is 5.56 Å². The zero-order valence-electron chi connectivity index (χ0n) is 11.2. The van der Waals surface area contributed by atoms with Gasteiger partial charge in [-0.05, 0) is 17.7 Å². The van der Waals surface area contributed by atoms with Gasteiger partial charge >= 0.3 is 0 Å². The number of benzene rings is 1. The Kier molecular flexibility index (Phi) is 3.65. The van der Waals surface area contributed by atoms with E-state index in [1.165, 1.54) is 12.1 Å². The van der Waals surface area contributed by atoms with E-state index in [2.05, 4.69) is 14.9 Å². The highest BCUT2D eigenvalue weighted by molar-refractivity contribution is 6.31. The second kappa shape index (κ2) is 5.46. The summed E-state index contributed by atoms with van der Waals surface area (Å²) in [5, 5.41) is 0.394. The molecule has 2 aromatic rings. The van der Waals surface area contributed by atoms with Crippen LogP contribution in [0.4, 0.5) is 10.3 Å². The summed E-state index contributed by atoms with van der Waals surface area (Å²) in [6, 6.07) is 4.34. The summed E-state index contributed by atoms with van der Waals surface area (Å²) in [5.74, 6) is -0.211. The van der Waals surface area contributed by atoms with Crippen LogP contribution in [0.3, 0.4) is 0 Å².